The van der Waals surface area contributed by atoms with Crippen LogP contribution in [0.4, 0.5) is 10.1 Å². The molecule has 1 unspecified atom stereocenters. The number of aromatic nitrogens is 1. The summed E-state index contributed by atoms with van der Waals surface area (Å²) in [6.45, 7) is 2.30. The van der Waals surface area contributed by atoms with E-state index in [1.54, 1.807) is 24.3 Å². The summed E-state index contributed by atoms with van der Waals surface area (Å²) in [5, 5.41) is 13.1. The Kier molecular flexibility index (Phi) is 5.55. The van der Waals surface area contributed by atoms with Gasteiger partial charge in [-0.25, -0.2) is 4.39 Å². The standard InChI is InChI=1S/C20H17ClFN3O/c1-2-14(11-23)26-15-5-3-4-13(10-15)12-25-18-7-6-16-17(21)8-9-24-20(16)19(18)22/h3-10,14,25H,2,12H2,1H3. The first-order valence-electron chi connectivity index (χ1n) is 8.24. The van der Waals surface area contributed by atoms with Crippen LogP contribution >= 0.6 is 11.6 Å². The third kappa shape index (κ3) is 3.87. The van der Waals surface area contributed by atoms with Gasteiger partial charge in [-0.15, -0.1) is 0 Å². The molecule has 0 aliphatic rings. The quantitative estimate of drug-likeness (QED) is 0.638. The van der Waals surface area contributed by atoms with Crippen molar-refractivity contribution < 1.29 is 9.13 Å². The molecule has 0 aliphatic heterocycles. The van der Waals surface area contributed by atoms with Gasteiger partial charge < -0.3 is 10.1 Å². The molecule has 4 nitrogen and oxygen atoms in total. The van der Waals surface area contributed by atoms with Crippen LogP contribution in [-0.2, 0) is 6.54 Å². The topological polar surface area (TPSA) is 57.9 Å². The van der Waals surface area contributed by atoms with Gasteiger partial charge in [0.15, 0.2) is 11.9 Å². The highest BCUT2D eigenvalue weighted by atomic mass is 35.5. The monoisotopic (exact) mass is 369 g/mol. The van der Waals surface area contributed by atoms with Crippen molar-refractivity contribution in [2.24, 2.45) is 0 Å². The van der Waals surface area contributed by atoms with Crippen molar-refractivity contribution in [2.75, 3.05) is 5.32 Å². The number of ether oxygens (including phenoxy) is 1. The number of nitrogens with zero attached hydrogens (tertiary/aromatic N) is 2. The number of hydrogen-bond acceptors (Lipinski definition) is 4. The number of pyridine rings is 1. The van der Waals surface area contributed by atoms with Gasteiger partial charge in [0.1, 0.15) is 17.3 Å². The molecule has 0 radical (unpaired) electrons. The Bertz CT molecular complexity index is 971. The van der Waals surface area contributed by atoms with Crippen molar-refractivity contribution in [1.82, 2.24) is 4.98 Å². The van der Waals surface area contributed by atoms with Gasteiger partial charge in [-0.05, 0) is 42.3 Å². The summed E-state index contributed by atoms with van der Waals surface area (Å²) in [6, 6.07) is 14.5. The molecule has 0 fully saturated rings. The van der Waals surface area contributed by atoms with Crippen LogP contribution < -0.4 is 10.1 Å². The fourth-order valence-electron chi connectivity index (χ4n) is 2.58. The molecule has 1 heterocycles. The number of halogens is 2. The average molecular weight is 370 g/mol. The highest BCUT2D eigenvalue weighted by molar-refractivity contribution is 6.35. The Morgan fingerprint density at radius 3 is 2.92 bits per heavy atom. The van der Waals surface area contributed by atoms with Gasteiger partial charge in [-0.1, -0.05) is 30.7 Å². The van der Waals surface area contributed by atoms with Crippen molar-refractivity contribution >= 4 is 28.2 Å². The van der Waals surface area contributed by atoms with Crippen LogP contribution in [0.2, 0.25) is 5.02 Å². The van der Waals surface area contributed by atoms with Crippen LogP contribution in [0.5, 0.6) is 5.75 Å². The van der Waals surface area contributed by atoms with E-state index >= 15 is 0 Å². The van der Waals surface area contributed by atoms with Gasteiger partial charge in [0.2, 0.25) is 0 Å². The fraction of sp³-hybridized carbons (Fsp3) is 0.200. The molecule has 0 bridgehead atoms. The van der Waals surface area contributed by atoms with Crippen molar-refractivity contribution in [1.29, 1.82) is 5.26 Å². The second-order valence-electron chi connectivity index (χ2n) is 5.76. The lowest BCUT2D eigenvalue weighted by atomic mass is 10.1. The summed E-state index contributed by atoms with van der Waals surface area (Å²) in [7, 11) is 0. The van der Waals surface area contributed by atoms with Crippen LogP contribution in [0, 0.1) is 17.1 Å². The summed E-state index contributed by atoms with van der Waals surface area (Å²) in [5.41, 5.74) is 1.50. The summed E-state index contributed by atoms with van der Waals surface area (Å²) in [6.07, 6.45) is 1.61. The van der Waals surface area contributed by atoms with Gasteiger partial charge in [-0.2, -0.15) is 5.26 Å². The molecule has 0 saturated heterocycles. The number of benzene rings is 2. The smallest absolute Gasteiger partial charge is 0.184 e. The molecule has 0 saturated carbocycles. The molecule has 0 aliphatic carbocycles. The third-order valence-electron chi connectivity index (χ3n) is 3.97. The minimum Gasteiger partial charge on any atom is -0.476 e. The van der Waals surface area contributed by atoms with Gasteiger partial charge in [-0.3, -0.25) is 4.98 Å². The van der Waals surface area contributed by atoms with E-state index in [0.29, 0.717) is 34.8 Å². The van der Waals surface area contributed by atoms with Crippen LogP contribution in [0.1, 0.15) is 18.9 Å². The zero-order valence-electron chi connectivity index (χ0n) is 14.2. The summed E-state index contributed by atoms with van der Waals surface area (Å²) in [4.78, 5) is 4.07. The summed E-state index contributed by atoms with van der Waals surface area (Å²) < 4.78 is 20.3. The molecule has 132 valence electrons. The maximum absolute atomic E-state index is 14.7. The van der Waals surface area contributed by atoms with E-state index in [1.165, 1.54) is 6.20 Å². The lowest BCUT2D eigenvalue weighted by Crippen LogP contribution is -2.12. The average Bonchev–Trinajstić information content (AvgIpc) is 2.66. The normalized spacial score (nSPS) is 11.8. The number of hydrogen-bond donors (Lipinski definition) is 1. The Morgan fingerprint density at radius 2 is 2.15 bits per heavy atom. The Labute approximate surface area is 156 Å². The third-order valence-corrected chi connectivity index (χ3v) is 4.30. The predicted molar refractivity (Wildman–Crippen MR) is 101 cm³/mol. The molecular formula is C20H17ClFN3O. The summed E-state index contributed by atoms with van der Waals surface area (Å²) >= 11 is 6.07. The zero-order chi connectivity index (χ0) is 18.5. The van der Waals surface area contributed by atoms with E-state index in [-0.39, 0.29) is 5.52 Å². The predicted octanol–water partition coefficient (Wildman–Crippen LogP) is 5.32. The van der Waals surface area contributed by atoms with Crippen LogP contribution in [0.3, 0.4) is 0 Å². The lowest BCUT2D eigenvalue weighted by molar-refractivity contribution is 0.251. The minimum atomic E-state index is -0.480. The Morgan fingerprint density at radius 1 is 1.31 bits per heavy atom. The Hall–Kier alpha value is -2.84. The molecular weight excluding hydrogens is 353 g/mol. The van der Waals surface area contributed by atoms with Gasteiger partial charge in [0.05, 0.1) is 10.7 Å². The second kappa shape index (κ2) is 8.03. The first kappa shape index (κ1) is 18.0. The van der Waals surface area contributed by atoms with Crippen molar-refractivity contribution in [3.8, 4) is 11.8 Å². The van der Waals surface area contributed by atoms with Crippen molar-refractivity contribution in [3.63, 3.8) is 0 Å². The molecule has 0 amide bonds. The fourth-order valence-corrected chi connectivity index (χ4v) is 2.79. The maximum atomic E-state index is 14.7. The molecule has 26 heavy (non-hydrogen) atoms. The van der Waals surface area contributed by atoms with E-state index in [0.717, 1.165) is 5.56 Å². The van der Waals surface area contributed by atoms with Crippen molar-refractivity contribution in [3.05, 3.63) is 65.1 Å². The van der Waals surface area contributed by atoms with Crippen molar-refractivity contribution in [2.45, 2.75) is 26.0 Å². The van der Waals surface area contributed by atoms with E-state index in [2.05, 4.69) is 16.4 Å². The van der Waals surface area contributed by atoms with E-state index < -0.39 is 11.9 Å². The number of rotatable bonds is 6. The number of fused-ring (bicyclic) bond motifs is 1. The summed E-state index contributed by atoms with van der Waals surface area (Å²) in [5.74, 6) is 0.179. The molecule has 2 aromatic carbocycles. The number of anilines is 1. The maximum Gasteiger partial charge on any atom is 0.184 e. The van der Waals surface area contributed by atoms with Gasteiger partial charge in [0, 0.05) is 18.1 Å². The zero-order valence-corrected chi connectivity index (χ0v) is 14.9. The van der Waals surface area contributed by atoms with Crippen LogP contribution in [-0.4, -0.2) is 11.1 Å². The molecule has 3 aromatic rings. The van der Waals surface area contributed by atoms with E-state index in [4.69, 9.17) is 21.6 Å². The number of nitriles is 1. The minimum absolute atomic E-state index is 0.236. The Balaban J connectivity index is 1.76. The molecule has 3 rings (SSSR count). The van der Waals surface area contributed by atoms with Crippen LogP contribution in [0.25, 0.3) is 10.9 Å². The molecule has 0 spiro atoms. The molecule has 1 aromatic heterocycles. The SMILES string of the molecule is CCC(C#N)Oc1cccc(CNc2ccc3c(Cl)ccnc3c2F)c1. The van der Waals surface area contributed by atoms with Crippen LogP contribution in [0.15, 0.2) is 48.7 Å². The lowest BCUT2D eigenvalue weighted by Gasteiger charge is -2.13. The highest BCUT2D eigenvalue weighted by Crippen LogP contribution is 2.28. The van der Waals surface area contributed by atoms with Gasteiger partial charge >= 0.3 is 0 Å². The van der Waals surface area contributed by atoms with E-state index in [1.807, 2.05) is 25.1 Å². The molecule has 1 atom stereocenters. The van der Waals surface area contributed by atoms with Gasteiger partial charge in [0.25, 0.3) is 0 Å². The highest BCUT2D eigenvalue weighted by Gasteiger charge is 2.11. The second-order valence-corrected chi connectivity index (χ2v) is 6.17. The number of nitrogens with one attached hydrogen (secondary N) is 1. The molecule has 6 heteroatoms. The first-order valence-corrected chi connectivity index (χ1v) is 8.62. The van der Waals surface area contributed by atoms with E-state index in [9.17, 15) is 4.39 Å². The first-order chi connectivity index (χ1) is 12.6. The largest absolute Gasteiger partial charge is 0.476 e. The molecule has 1 N–H and O–H groups in total.